The molecule has 0 bridgehead atoms. The maximum atomic E-state index is 13.0. The summed E-state index contributed by atoms with van der Waals surface area (Å²) in [6, 6.07) is 16.1. The fourth-order valence-electron chi connectivity index (χ4n) is 3.54. The Labute approximate surface area is 180 Å². The second-order valence-corrected chi connectivity index (χ2v) is 10.1. The monoisotopic (exact) mass is 442 g/mol. The molecule has 0 saturated carbocycles. The van der Waals surface area contributed by atoms with Gasteiger partial charge < -0.3 is 10.1 Å². The minimum Gasteiger partial charge on any atom is -0.497 e. The summed E-state index contributed by atoms with van der Waals surface area (Å²) in [5.74, 6) is 0.620. The Morgan fingerprint density at radius 3 is 2.67 bits per heavy atom. The molecule has 0 atom stereocenters. The maximum absolute atomic E-state index is 13.0. The highest BCUT2D eigenvalue weighted by Gasteiger charge is 2.29. The molecule has 30 heavy (non-hydrogen) atoms. The average molecular weight is 443 g/mol. The normalized spacial score (nSPS) is 13.6. The molecule has 0 radical (unpaired) electrons. The molecular weight excluding hydrogens is 420 g/mol. The predicted molar refractivity (Wildman–Crippen MR) is 119 cm³/mol. The summed E-state index contributed by atoms with van der Waals surface area (Å²) in [5.41, 5.74) is 3.16. The lowest BCUT2D eigenvalue weighted by molar-refractivity contribution is -0.115. The van der Waals surface area contributed by atoms with Crippen LogP contribution in [0.4, 0.5) is 11.4 Å². The van der Waals surface area contributed by atoms with Crippen molar-refractivity contribution in [1.29, 1.82) is 0 Å². The Morgan fingerprint density at radius 1 is 1.17 bits per heavy atom. The van der Waals surface area contributed by atoms with E-state index in [1.807, 2.05) is 30.3 Å². The van der Waals surface area contributed by atoms with Gasteiger partial charge in [-0.05, 0) is 65.7 Å². The molecule has 1 aliphatic heterocycles. The Morgan fingerprint density at radius 2 is 1.97 bits per heavy atom. The number of nitrogens with zero attached hydrogens (tertiary/aromatic N) is 1. The molecule has 1 N–H and O–H groups in total. The van der Waals surface area contributed by atoms with Crippen LogP contribution in [-0.4, -0.2) is 28.0 Å². The third-order valence-corrected chi connectivity index (χ3v) is 8.19. The summed E-state index contributed by atoms with van der Waals surface area (Å²) in [4.78, 5) is 12.4. The second kappa shape index (κ2) is 8.49. The van der Waals surface area contributed by atoms with Crippen LogP contribution < -0.4 is 14.4 Å². The molecule has 4 rings (SSSR count). The van der Waals surface area contributed by atoms with Crippen LogP contribution in [0.1, 0.15) is 17.5 Å². The van der Waals surface area contributed by atoms with E-state index in [4.69, 9.17) is 4.74 Å². The van der Waals surface area contributed by atoms with Gasteiger partial charge in [0.2, 0.25) is 5.91 Å². The van der Waals surface area contributed by atoms with Gasteiger partial charge in [-0.2, -0.15) is 0 Å². The van der Waals surface area contributed by atoms with Crippen LogP contribution in [0, 0.1) is 0 Å². The standard InChI is InChI=1S/C22H22N2O4S2/c1-28-19-9-6-16(7-10-19)14-21(25)23-18-8-11-20-17(15-18)4-2-12-24(20)30(26,27)22-5-3-13-29-22/h3,5-11,13,15H,2,4,12,14H2,1H3,(H,23,25). The van der Waals surface area contributed by atoms with Crippen LogP contribution in [0.3, 0.4) is 0 Å². The number of hydrogen-bond donors (Lipinski definition) is 1. The Balaban J connectivity index is 1.50. The first kappa shape index (κ1) is 20.4. The molecule has 0 unspecified atom stereocenters. The van der Waals surface area contributed by atoms with Gasteiger partial charge in [0.15, 0.2) is 0 Å². The SMILES string of the molecule is COc1ccc(CC(=O)Nc2ccc3c(c2)CCCN3S(=O)(=O)c2cccs2)cc1. The van der Waals surface area contributed by atoms with Crippen molar-refractivity contribution in [2.45, 2.75) is 23.5 Å². The molecule has 1 amide bonds. The van der Waals surface area contributed by atoms with Crippen LogP contribution in [0.25, 0.3) is 0 Å². The predicted octanol–water partition coefficient (Wildman–Crippen LogP) is 4.08. The molecule has 156 valence electrons. The summed E-state index contributed by atoms with van der Waals surface area (Å²) in [6.45, 7) is 0.455. The zero-order valence-corrected chi connectivity index (χ0v) is 18.1. The van der Waals surface area contributed by atoms with E-state index < -0.39 is 10.0 Å². The van der Waals surface area contributed by atoms with Crippen LogP contribution in [0.5, 0.6) is 5.75 Å². The zero-order valence-electron chi connectivity index (χ0n) is 16.5. The largest absolute Gasteiger partial charge is 0.497 e. The molecule has 2 aromatic carbocycles. The molecule has 1 aromatic heterocycles. The van der Waals surface area contributed by atoms with Gasteiger partial charge in [0.25, 0.3) is 10.0 Å². The minimum absolute atomic E-state index is 0.126. The zero-order chi connectivity index (χ0) is 21.1. The van der Waals surface area contributed by atoms with Crippen molar-refractivity contribution in [3.05, 3.63) is 71.1 Å². The number of sulfonamides is 1. The molecule has 8 heteroatoms. The Bertz CT molecular complexity index is 1140. The van der Waals surface area contributed by atoms with Crippen molar-refractivity contribution in [3.63, 3.8) is 0 Å². The first-order chi connectivity index (χ1) is 14.5. The van der Waals surface area contributed by atoms with E-state index in [0.29, 0.717) is 22.1 Å². The third kappa shape index (κ3) is 4.20. The number of anilines is 2. The summed E-state index contributed by atoms with van der Waals surface area (Å²) in [5, 5.41) is 4.68. The Hall–Kier alpha value is -2.84. The fraction of sp³-hybridized carbons (Fsp3) is 0.227. The number of carbonyl (C=O) groups is 1. The highest BCUT2D eigenvalue weighted by atomic mass is 32.2. The van der Waals surface area contributed by atoms with E-state index in [1.165, 1.54) is 15.6 Å². The summed E-state index contributed by atoms with van der Waals surface area (Å²) in [6.07, 6.45) is 1.76. The average Bonchev–Trinajstić information content (AvgIpc) is 3.29. The van der Waals surface area contributed by atoms with Gasteiger partial charge in [0, 0.05) is 12.2 Å². The number of amides is 1. The van der Waals surface area contributed by atoms with Gasteiger partial charge in [-0.25, -0.2) is 8.42 Å². The number of carbonyl (C=O) groups excluding carboxylic acids is 1. The molecule has 1 aliphatic rings. The molecule has 2 heterocycles. The second-order valence-electron chi connectivity index (χ2n) is 7.03. The molecule has 0 spiro atoms. The van der Waals surface area contributed by atoms with E-state index in [-0.39, 0.29) is 12.3 Å². The number of fused-ring (bicyclic) bond motifs is 1. The number of ether oxygens (including phenoxy) is 1. The van der Waals surface area contributed by atoms with Gasteiger partial charge in [0.1, 0.15) is 9.96 Å². The first-order valence-corrected chi connectivity index (χ1v) is 11.9. The van der Waals surface area contributed by atoms with E-state index in [0.717, 1.165) is 29.7 Å². The van der Waals surface area contributed by atoms with E-state index in [9.17, 15) is 13.2 Å². The number of thiophene rings is 1. The summed E-state index contributed by atoms with van der Waals surface area (Å²) in [7, 11) is -1.96. The molecule has 3 aromatic rings. The van der Waals surface area contributed by atoms with Crippen molar-refractivity contribution in [3.8, 4) is 5.75 Å². The number of hydrogen-bond acceptors (Lipinski definition) is 5. The number of nitrogens with one attached hydrogen (secondary N) is 1. The highest BCUT2D eigenvalue weighted by molar-refractivity contribution is 7.94. The summed E-state index contributed by atoms with van der Waals surface area (Å²) < 4.78 is 32.9. The highest BCUT2D eigenvalue weighted by Crippen LogP contribution is 2.34. The number of rotatable bonds is 6. The van der Waals surface area contributed by atoms with Crippen molar-refractivity contribution >= 4 is 38.6 Å². The van der Waals surface area contributed by atoms with Crippen molar-refractivity contribution < 1.29 is 17.9 Å². The van der Waals surface area contributed by atoms with Crippen LogP contribution in [0.2, 0.25) is 0 Å². The summed E-state index contributed by atoms with van der Waals surface area (Å²) >= 11 is 1.22. The number of aryl methyl sites for hydroxylation is 1. The van der Waals surface area contributed by atoms with E-state index in [2.05, 4.69) is 5.32 Å². The molecule has 6 nitrogen and oxygen atoms in total. The van der Waals surface area contributed by atoms with Gasteiger partial charge in [0.05, 0.1) is 19.2 Å². The van der Waals surface area contributed by atoms with Crippen LogP contribution in [0.15, 0.2) is 64.2 Å². The fourth-order valence-corrected chi connectivity index (χ4v) is 6.19. The maximum Gasteiger partial charge on any atom is 0.273 e. The van der Waals surface area contributed by atoms with E-state index >= 15 is 0 Å². The van der Waals surface area contributed by atoms with Crippen molar-refractivity contribution in [2.75, 3.05) is 23.3 Å². The van der Waals surface area contributed by atoms with Gasteiger partial charge in [-0.15, -0.1) is 11.3 Å². The molecule has 0 saturated heterocycles. The minimum atomic E-state index is -3.56. The topological polar surface area (TPSA) is 75.7 Å². The lowest BCUT2D eigenvalue weighted by Gasteiger charge is -2.30. The van der Waals surface area contributed by atoms with Crippen molar-refractivity contribution in [1.82, 2.24) is 0 Å². The van der Waals surface area contributed by atoms with Gasteiger partial charge >= 0.3 is 0 Å². The third-order valence-electron chi connectivity index (χ3n) is 5.00. The van der Waals surface area contributed by atoms with Gasteiger partial charge in [-0.3, -0.25) is 9.10 Å². The smallest absolute Gasteiger partial charge is 0.273 e. The van der Waals surface area contributed by atoms with Crippen LogP contribution >= 0.6 is 11.3 Å². The lowest BCUT2D eigenvalue weighted by Crippen LogP contribution is -2.35. The molecular formula is C22H22N2O4S2. The Kier molecular flexibility index (Phi) is 5.78. The molecule has 0 fully saturated rings. The number of benzene rings is 2. The first-order valence-electron chi connectivity index (χ1n) is 9.59. The van der Waals surface area contributed by atoms with E-state index in [1.54, 1.807) is 36.8 Å². The van der Waals surface area contributed by atoms with Gasteiger partial charge in [-0.1, -0.05) is 18.2 Å². The molecule has 0 aliphatic carbocycles. The number of methoxy groups -OCH3 is 1. The quantitative estimate of drug-likeness (QED) is 0.624. The van der Waals surface area contributed by atoms with Crippen molar-refractivity contribution in [2.24, 2.45) is 0 Å². The van der Waals surface area contributed by atoms with Crippen LogP contribution in [-0.2, 0) is 27.7 Å². The lowest BCUT2D eigenvalue weighted by atomic mass is 10.0.